The fourth-order valence-corrected chi connectivity index (χ4v) is 3.32. The highest BCUT2D eigenvalue weighted by Gasteiger charge is 2.24. The molecule has 0 atom stereocenters. The van der Waals surface area contributed by atoms with Gasteiger partial charge in [-0.3, -0.25) is 9.69 Å². The van der Waals surface area contributed by atoms with Gasteiger partial charge in [-0.1, -0.05) is 48.5 Å². The van der Waals surface area contributed by atoms with E-state index in [4.69, 9.17) is 12.2 Å². The van der Waals surface area contributed by atoms with E-state index in [2.05, 4.69) is 4.90 Å². The monoisotopic (exact) mass is 350 g/mol. The molecule has 0 bridgehead atoms. The predicted octanol–water partition coefficient (Wildman–Crippen LogP) is 4.50. The molecule has 3 rings (SSSR count). The predicted molar refractivity (Wildman–Crippen MR) is 107 cm³/mol. The number of hydrogen-bond donors (Lipinski definition) is 0. The van der Waals surface area contributed by atoms with Crippen molar-refractivity contribution >= 4 is 35.0 Å². The van der Waals surface area contributed by atoms with Gasteiger partial charge in [0.05, 0.1) is 5.69 Å². The van der Waals surface area contributed by atoms with Crippen molar-refractivity contribution in [2.75, 3.05) is 18.0 Å². The lowest BCUT2D eigenvalue weighted by Gasteiger charge is -2.34. The van der Waals surface area contributed by atoms with Crippen LogP contribution in [0.4, 0.5) is 5.69 Å². The highest BCUT2D eigenvalue weighted by molar-refractivity contribution is 7.80. The Kier molecular flexibility index (Phi) is 5.96. The molecule has 1 amide bonds. The smallest absolute Gasteiger partial charge is 0.257 e. The minimum Gasteiger partial charge on any atom is -0.348 e. The van der Waals surface area contributed by atoms with Crippen LogP contribution in [0.25, 0.3) is 6.08 Å². The summed E-state index contributed by atoms with van der Waals surface area (Å²) in [7, 11) is 0. The third kappa shape index (κ3) is 4.54. The zero-order valence-electron chi connectivity index (χ0n) is 14.2. The van der Waals surface area contributed by atoms with E-state index in [1.165, 1.54) is 6.42 Å². The molecule has 25 heavy (non-hydrogen) atoms. The van der Waals surface area contributed by atoms with E-state index in [-0.39, 0.29) is 5.91 Å². The first-order valence-electron chi connectivity index (χ1n) is 8.67. The molecule has 0 N–H and O–H groups in total. The molecular formula is C21H22N2OS. The summed E-state index contributed by atoms with van der Waals surface area (Å²) in [5, 5.41) is 0.591. The number of benzene rings is 2. The summed E-state index contributed by atoms with van der Waals surface area (Å²) in [6.07, 6.45) is 6.90. The maximum atomic E-state index is 12.9. The Morgan fingerprint density at radius 1 is 0.920 bits per heavy atom. The molecule has 0 saturated carbocycles. The van der Waals surface area contributed by atoms with Gasteiger partial charge in [0.1, 0.15) is 0 Å². The van der Waals surface area contributed by atoms with Crippen molar-refractivity contribution in [3.63, 3.8) is 0 Å². The molecule has 0 spiro atoms. The first-order valence-corrected chi connectivity index (χ1v) is 9.08. The van der Waals surface area contributed by atoms with Gasteiger partial charge < -0.3 is 4.90 Å². The standard InChI is InChI=1S/C21H22N2OS/c24-20(15-14-18-10-4-1-5-11-18)23(19-12-6-2-7-13-19)21(25)22-16-8-3-9-17-22/h1-2,4-7,10-15H,3,8-9,16-17H2/b15-14+. The van der Waals surface area contributed by atoms with Gasteiger partial charge in [-0.25, -0.2) is 0 Å². The van der Waals surface area contributed by atoms with Crippen LogP contribution in [-0.2, 0) is 4.79 Å². The Hall–Kier alpha value is -2.46. The molecular weight excluding hydrogens is 328 g/mol. The molecule has 2 aromatic carbocycles. The van der Waals surface area contributed by atoms with Gasteiger partial charge in [0.2, 0.25) is 0 Å². The number of hydrogen-bond acceptors (Lipinski definition) is 2. The van der Waals surface area contributed by atoms with Crippen LogP contribution in [0.15, 0.2) is 66.7 Å². The summed E-state index contributed by atoms with van der Waals surface area (Å²) in [5.74, 6) is -0.120. The van der Waals surface area contributed by atoms with Gasteiger partial charge in [-0.2, -0.15) is 0 Å². The molecule has 1 heterocycles. The van der Waals surface area contributed by atoms with Crippen LogP contribution in [0.3, 0.4) is 0 Å². The van der Waals surface area contributed by atoms with Crippen LogP contribution in [-0.4, -0.2) is 29.0 Å². The highest BCUT2D eigenvalue weighted by Crippen LogP contribution is 2.19. The fourth-order valence-electron chi connectivity index (χ4n) is 2.94. The van der Waals surface area contributed by atoms with Crippen molar-refractivity contribution in [2.24, 2.45) is 0 Å². The lowest BCUT2D eigenvalue weighted by atomic mass is 10.1. The van der Waals surface area contributed by atoms with Crippen molar-refractivity contribution in [1.29, 1.82) is 0 Å². The number of anilines is 1. The minimum atomic E-state index is -0.120. The number of thiocarbonyl (C=S) groups is 1. The van der Waals surface area contributed by atoms with Crippen LogP contribution >= 0.6 is 12.2 Å². The molecule has 1 aliphatic heterocycles. The van der Waals surface area contributed by atoms with Gasteiger partial charge in [-0.15, -0.1) is 0 Å². The number of nitrogens with zero attached hydrogens (tertiary/aromatic N) is 2. The Labute approximate surface area is 154 Å². The highest BCUT2D eigenvalue weighted by atomic mass is 32.1. The average Bonchev–Trinajstić information content (AvgIpc) is 2.69. The van der Waals surface area contributed by atoms with Gasteiger partial charge in [0, 0.05) is 19.2 Å². The molecule has 1 fully saturated rings. The molecule has 0 aromatic heterocycles. The van der Waals surface area contributed by atoms with E-state index < -0.39 is 0 Å². The second kappa shape index (κ2) is 8.58. The molecule has 0 aliphatic carbocycles. The topological polar surface area (TPSA) is 23.6 Å². The number of carbonyl (C=O) groups is 1. The first-order chi connectivity index (χ1) is 12.3. The average molecular weight is 350 g/mol. The second-order valence-electron chi connectivity index (χ2n) is 6.08. The fraction of sp³-hybridized carbons (Fsp3) is 0.238. The minimum absolute atomic E-state index is 0.120. The van der Waals surface area contributed by atoms with Crippen LogP contribution in [0, 0.1) is 0 Å². The van der Waals surface area contributed by atoms with Crippen LogP contribution in [0.1, 0.15) is 24.8 Å². The number of para-hydroxylation sites is 1. The summed E-state index contributed by atoms with van der Waals surface area (Å²) < 4.78 is 0. The van der Waals surface area contributed by atoms with E-state index >= 15 is 0 Å². The zero-order valence-corrected chi connectivity index (χ0v) is 15.0. The second-order valence-corrected chi connectivity index (χ2v) is 6.45. The molecule has 128 valence electrons. The molecule has 1 aliphatic rings. The number of likely N-dealkylation sites (tertiary alicyclic amines) is 1. The van der Waals surface area contributed by atoms with Crippen molar-refractivity contribution in [3.05, 3.63) is 72.3 Å². The summed E-state index contributed by atoms with van der Waals surface area (Å²) in [6, 6.07) is 19.4. The third-order valence-corrected chi connectivity index (χ3v) is 4.71. The number of piperidine rings is 1. The Balaban J connectivity index is 1.84. The van der Waals surface area contributed by atoms with Crippen molar-refractivity contribution in [3.8, 4) is 0 Å². The normalized spacial score (nSPS) is 14.5. The van der Waals surface area contributed by atoms with Crippen molar-refractivity contribution in [1.82, 2.24) is 4.90 Å². The number of amides is 1. The molecule has 0 radical (unpaired) electrons. The van der Waals surface area contributed by atoms with Gasteiger partial charge in [-0.05, 0) is 55.3 Å². The molecule has 4 heteroatoms. The van der Waals surface area contributed by atoms with Crippen molar-refractivity contribution < 1.29 is 4.79 Å². The Bertz CT molecular complexity index is 737. The van der Waals surface area contributed by atoms with Gasteiger partial charge in [0.15, 0.2) is 5.11 Å². The van der Waals surface area contributed by atoms with E-state index in [1.54, 1.807) is 11.0 Å². The number of carbonyl (C=O) groups excluding carboxylic acids is 1. The van der Waals surface area contributed by atoms with Crippen LogP contribution < -0.4 is 4.90 Å². The Morgan fingerprint density at radius 2 is 1.52 bits per heavy atom. The molecule has 2 aromatic rings. The van der Waals surface area contributed by atoms with E-state index in [9.17, 15) is 4.79 Å². The van der Waals surface area contributed by atoms with Crippen LogP contribution in [0.5, 0.6) is 0 Å². The van der Waals surface area contributed by atoms with Crippen molar-refractivity contribution in [2.45, 2.75) is 19.3 Å². The first kappa shape index (κ1) is 17.4. The summed E-state index contributed by atoms with van der Waals surface area (Å²) in [5.41, 5.74) is 1.80. The maximum Gasteiger partial charge on any atom is 0.257 e. The third-order valence-electron chi connectivity index (χ3n) is 4.27. The lowest BCUT2D eigenvalue weighted by Crippen LogP contribution is -2.47. The SMILES string of the molecule is O=C(/C=C/c1ccccc1)N(C(=S)N1CCCCC1)c1ccccc1. The Morgan fingerprint density at radius 3 is 2.16 bits per heavy atom. The summed E-state index contributed by atoms with van der Waals surface area (Å²) in [6.45, 7) is 1.83. The molecule has 0 unspecified atom stereocenters. The van der Waals surface area contributed by atoms with E-state index in [1.807, 2.05) is 66.7 Å². The summed E-state index contributed by atoms with van der Waals surface area (Å²) in [4.78, 5) is 16.7. The maximum absolute atomic E-state index is 12.9. The zero-order chi connectivity index (χ0) is 17.5. The van der Waals surface area contributed by atoms with E-state index in [0.29, 0.717) is 5.11 Å². The lowest BCUT2D eigenvalue weighted by molar-refractivity contribution is -0.113. The number of rotatable bonds is 3. The largest absolute Gasteiger partial charge is 0.348 e. The van der Waals surface area contributed by atoms with Gasteiger partial charge >= 0.3 is 0 Å². The molecule has 1 saturated heterocycles. The summed E-state index contributed by atoms with van der Waals surface area (Å²) >= 11 is 5.68. The molecule has 3 nitrogen and oxygen atoms in total. The van der Waals surface area contributed by atoms with Gasteiger partial charge in [0.25, 0.3) is 5.91 Å². The quantitative estimate of drug-likeness (QED) is 0.601. The van der Waals surface area contributed by atoms with E-state index in [0.717, 1.165) is 37.2 Å². The van der Waals surface area contributed by atoms with Crippen LogP contribution in [0.2, 0.25) is 0 Å².